The minimum absolute atomic E-state index is 0.621. The van der Waals surface area contributed by atoms with E-state index in [4.69, 9.17) is 5.73 Å². The van der Waals surface area contributed by atoms with Gasteiger partial charge < -0.3 is 5.73 Å². The first-order valence-electron chi connectivity index (χ1n) is 23.5. The van der Waals surface area contributed by atoms with E-state index in [1.54, 1.807) is 0 Å². The monoisotopic (exact) mass is 863 g/mol. The molecule has 68 heavy (non-hydrogen) atoms. The van der Waals surface area contributed by atoms with E-state index in [1.807, 2.05) is 0 Å². The van der Waals surface area contributed by atoms with Crippen LogP contribution in [0.25, 0.3) is 100 Å². The van der Waals surface area contributed by atoms with Crippen LogP contribution < -0.4 is 5.73 Å². The summed E-state index contributed by atoms with van der Waals surface area (Å²) in [5.74, 6) is 0. The van der Waals surface area contributed by atoms with Crippen molar-refractivity contribution < 1.29 is 0 Å². The standard InChI is InChI=1S/C67H45N/c68-66-58(50-37-33-46(34-38-50)44-19-5-1-6-20-44)43-59-55-29-15-18-32-62(55)67(60-30-16-13-27-53(60)54-28-14-17-31-61(54)67)65(59)64(66)52-41-56(48-23-9-3-10-24-48)63(57(42-52)49-25-11-4-12-26-49)51-39-35-47(36-40-51)45-21-7-2-8-22-45/h1-43H,68H2. The predicted molar refractivity (Wildman–Crippen MR) is 285 cm³/mol. The van der Waals surface area contributed by atoms with Gasteiger partial charge in [-0.15, -0.1) is 0 Å². The van der Waals surface area contributed by atoms with E-state index in [2.05, 4.69) is 261 Å². The van der Waals surface area contributed by atoms with Gasteiger partial charge in [-0.2, -0.15) is 0 Å². The quantitative estimate of drug-likeness (QED) is 0.159. The third-order valence-electron chi connectivity index (χ3n) is 14.5. The Morgan fingerprint density at radius 3 is 0.985 bits per heavy atom. The molecule has 0 fully saturated rings. The molecule has 0 saturated carbocycles. The van der Waals surface area contributed by atoms with Crippen molar-refractivity contribution in [1.29, 1.82) is 0 Å². The van der Waals surface area contributed by atoms with Crippen molar-refractivity contribution in [1.82, 2.24) is 0 Å². The highest BCUT2D eigenvalue weighted by molar-refractivity contribution is 6.07. The van der Waals surface area contributed by atoms with Crippen LogP contribution >= 0.6 is 0 Å². The second kappa shape index (κ2) is 16.0. The summed E-state index contributed by atoms with van der Waals surface area (Å²) >= 11 is 0. The highest BCUT2D eigenvalue weighted by atomic mass is 14.6. The fourth-order valence-electron chi connectivity index (χ4n) is 11.5. The van der Waals surface area contributed by atoms with Gasteiger partial charge in [0, 0.05) is 16.8 Å². The lowest BCUT2D eigenvalue weighted by atomic mass is 9.68. The average molecular weight is 864 g/mol. The maximum Gasteiger partial charge on any atom is 0.0732 e. The molecule has 11 aromatic rings. The molecule has 0 radical (unpaired) electrons. The lowest BCUT2D eigenvalue weighted by molar-refractivity contribution is 0.796. The molecule has 2 aliphatic rings. The highest BCUT2D eigenvalue weighted by Crippen LogP contribution is 2.66. The third-order valence-corrected chi connectivity index (χ3v) is 14.5. The number of nitrogens with two attached hydrogens (primary N) is 1. The number of fused-ring (bicyclic) bond motifs is 10. The molecule has 13 rings (SSSR count). The summed E-state index contributed by atoms with van der Waals surface area (Å²) in [5.41, 5.74) is 34.1. The van der Waals surface area contributed by atoms with Crippen LogP contribution in [0.15, 0.2) is 261 Å². The zero-order chi connectivity index (χ0) is 45.2. The van der Waals surface area contributed by atoms with Gasteiger partial charge in [0.15, 0.2) is 0 Å². The smallest absolute Gasteiger partial charge is 0.0732 e. The van der Waals surface area contributed by atoms with Crippen LogP contribution in [0, 0.1) is 0 Å². The van der Waals surface area contributed by atoms with E-state index in [-0.39, 0.29) is 0 Å². The van der Waals surface area contributed by atoms with Gasteiger partial charge in [-0.1, -0.05) is 243 Å². The molecule has 1 nitrogen and oxygen atoms in total. The summed E-state index contributed by atoms with van der Waals surface area (Å²) < 4.78 is 0. The molecule has 0 unspecified atom stereocenters. The number of rotatable bonds is 7. The zero-order valence-electron chi connectivity index (χ0n) is 37.4. The van der Waals surface area contributed by atoms with E-state index in [1.165, 1.54) is 72.3 Å². The second-order valence-electron chi connectivity index (χ2n) is 18.1. The van der Waals surface area contributed by atoms with Crippen LogP contribution in [0.2, 0.25) is 0 Å². The molecule has 2 aliphatic carbocycles. The summed E-state index contributed by atoms with van der Waals surface area (Å²) in [7, 11) is 0. The van der Waals surface area contributed by atoms with Crippen molar-refractivity contribution in [2.75, 3.05) is 5.73 Å². The maximum absolute atomic E-state index is 7.99. The zero-order valence-corrected chi connectivity index (χ0v) is 37.4. The van der Waals surface area contributed by atoms with Crippen LogP contribution in [-0.4, -0.2) is 0 Å². The molecule has 0 aromatic heterocycles. The topological polar surface area (TPSA) is 26.0 Å². The molecular weight excluding hydrogens is 819 g/mol. The number of hydrogen-bond donors (Lipinski definition) is 1. The molecule has 2 N–H and O–H groups in total. The molecule has 318 valence electrons. The molecular formula is C67H45N. The van der Waals surface area contributed by atoms with Gasteiger partial charge in [-0.25, -0.2) is 0 Å². The molecule has 0 heterocycles. The lowest BCUT2D eigenvalue weighted by Crippen LogP contribution is -2.27. The minimum Gasteiger partial charge on any atom is -0.398 e. The van der Waals surface area contributed by atoms with Gasteiger partial charge in [-0.05, 0) is 129 Å². The van der Waals surface area contributed by atoms with E-state index >= 15 is 0 Å². The molecule has 11 aromatic carbocycles. The molecule has 0 atom stereocenters. The van der Waals surface area contributed by atoms with E-state index in [9.17, 15) is 0 Å². The van der Waals surface area contributed by atoms with Crippen LogP contribution in [0.4, 0.5) is 5.69 Å². The van der Waals surface area contributed by atoms with Gasteiger partial charge in [0.1, 0.15) is 0 Å². The van der Waals surface area contributed by atoms with Crippen molar-refractivity contribution in [3.8, 4) is 100 Å². The van der Waals surface area contributed by atoms with Crippen LogP contribution in [0.3, 0.4) is 0 Å². The Labute approximate surface area is 398 Å². The van der Waals surface area contributed by atoms with E-state index < -0.39 is 5.41 Å². The predicted octanol–water partition coefficient (Wildman–Crippen LogP) is 17.3. The van der Waals surface area contributed by atoms with Crippen LogP contribution in [-0.2, 0) is 5.41 Å². The number of hydrogen-bond acceptors (Lipinski definition) is 1. The molecule has 1 spiro atoms. The largest absolute Gasteiger partial charge is 0.398 e. The molecule has 0 saturated heterocycles. The van der Waals surface area contributed by atoms with Crippen molar-refractivity contribution in [3.63, 3.8) is 0 Å². The Bertz CT molecular complexity index is 3580. The Kier molecular flexibility index (Phi) is 9.30. The number of anilines is 1. The van der Waals surface area contributed by atoms with Gasteiger partial charge in [0.2, 0.25) is 0 Å². The summed E-state index contributed by atoms with van der Waals surface area (Å²) in [6.07, 6.45) is 0. The van der Waals surface area contributed by atoms with Crippen molar-refractivity contribution in [3.05, 3.63) is 283 Å². The van der Waals surface area contributed by atoms with Crippen molar-refractivity contribution in [2.24, 2.45) is 0 Å². The van der Waals surface area contributed by atoms with Gasteiger partial charge in [-0.3, -0.25) is 0 Å². The molecule has 1 heteroatoms. The number of nitrogen functional groups attached to an aromatic ring is 1. The minimum atomic E-state index is -0.621. The fourth-order valence-corrected chi connectivity index (χ4v) is 11.5. The molecule has 0 amide bonds. The highest BCUT2D eigenvalue weighted by Gasteiger charge is 2.53. The summed E-state index contributed by atoms with van der Waals surface area (Å²) in [4.78, 5) is 0. The lowest BCUT2D eigenvalue weighted by Gasteiger charge is -2.33. The first-order chi connectivity index (χ1) is 33.7. The summed E-state index contributed by atoms with van der Waals surface area (Å²) in [5, 5.41) is 0. The number of benzene rings is 11. The van der Waals surface area contributed by atoms with E-state index in [0.717, 1.165) is 55.8 Å². The first-order valence-corrected chi connectivity index (χ1v) is 23.5. The van der Waals surface area contributed by atoms with Gasteiger partial charge in [0.25, 0.3) is 0 Å². The van der Waals surface area contributed by atoms with Crippen LogP contribution in [0.1, 0.15) is 22.3 Å². The third kappa shape index (κ3) is 6.10. The summed E-state index contributed by atoms with van der Waals surface area (Å²) in [6, 6.07) is 95.5. The second-order valence-corrected chi connectivity index (χ2v) is 18.1. The molecule has 0 aliphatic heterocycles. The Hall–Kier alpha value is -8.78. The summed E-state index contributed by atoms with van der Waals surface area (Å²) in [6.45, 7) is 0. The van der Waals surface area contributed by atoms with Crippen molar-refractivity contribution in [2.45, 2.75) is 5.41 Å². The van der Waals surface area contributed by atoms with Gasteiger partial charge >= 0.3 is 0 Å². The average Bonchev–Trinajstić information content (AvgIpc) is 3.88. The molecule has 0 bridgehead atoms. The first kappa shape index (κ1) is 39.6. The van der Waals surface area contributed by atoms with Crippen LogP contribution in [0.5, 0.6) is 0 Å². The maximum atomic E-state index is 7.99. The normalized spacial score (nSPS) is 12.6. The van der Waals surface area contributed by atoms with E-state index in [0.29, 0.717) is 0 Å². The van der Waals surface area contributed by atoms with Crippen molar-refractivity contribution >= 4 is 5.69 Å². The Morgan fingerprint density at radius 1 is 0.221 bits per heavy atom. The SMILES string of the molecule is Nc1c(-c2ccc(-c3ccccc3)cc2)cc2c(c1-c1cc(-c3ccccc3)c(-c3ccc(-c4ccccc4)cc3)c(-c3ccccc3)c1)C1(c3ccccc3-c3ccccc31)c1ccccc1-2. The fraction of sp³-hybridized carbons (Fsp3) is 0.0149. The Morgan fingerprint density at radius 2 is 0.544 bits per heavy atom. The van der Waals surface area contributed by atoms with Gasteiger partial charge in [0.05, 0.1) is 5.41 Å². The Balaban J connectivity index is 1.15.